The lowest BCUT2D eigenvalue weighted by Crippen LogP contribution is -2.27. The molecule has 0 aliphatic carbocycles. The van der Waals surface area contributed by atoms with Crippen LogP contribution in [-0.2, 0) is 4.79 Å². The number of benzene rings is 1. The van der Waals surface area contributed by atoms with Crippen molar-refractivity contribution in [3.8, 4) is 5.69 Å². The monoisotopic (exact) mass is 328 g/mol. The van der Waals surface area contributed by atoms with E-state index in [-0.39, 0.29) is 5.91 Å². The molecule has 0 radical (unpaired) electrons. The van der Waals surface area contributed by atoms with Gasteiger partial charge in [0.05, 0.1) is 10.6 Å². The highest BCUT2D eigenvalue weighted by Crippen LogP contribution is 2.32. The van der Waals surface area contributed by atoms with Gasteiger partial charge >= 0.3 is 0 Å². The third kappa shape index (κ3) is 2.86. The number of hydrogen-bond donors (Lipinski definition) is 0. The predicted molar refractivity (Wildman–Crippen MR) is 91.4 cm³/mol. The number of amides is 1. The second kappa shape index (κ2) is 6.25. The summed E-state index contributed by atoms with van der Waals surface area (Å²) in [4.78, 5) is 18.3. The normalized spacial score (nSPS) is 16.5. The Morgan fingerprint density at radius 3 is 2.73 bits per heavy atom. The summed E-state index contributed by atoms with van der Waals surface area (Å²) in [6, 6.07) is 7.70. The molecule has 1 saturated heterocycles. The lowest BCUT2D eigenvalue weighted by Gasteiger charge is -2.10. The summed E-state index contributed by atoms with van der Waals surface area (Å²) in [7, 11) is 0. The number of nitrogens with zero attached hydrogens (tertiary/aromatic N) is 4. The number of carbonyl (C=O) groups excluding carboxylic acids is 1. The second-order valence-corrected chi connectivity index (χ2v) is 6.19. The quantitative estimate of drug-likeness (QED) is 0.491. The van der Waals surface area contributed by atoms with Gasteiger partial charge in [0.2, 0.25) is 0 Å². The van der Waals surface area contributed by atoms with Gasteiger partial charge in [-0.2, -0.15) is 5.10 Å². The van der Waals surface area contributed by atoms with Gasteiger partial charge < -0.3 is 0 Å². The Labute approximate surface area is 137 Å². The van der Waals surface area contributed by atoms with Crippen molar-refractivity contribution < 1.29 is 4.79 Å². The fraction of sp³-hybridized carbons (Fsp3) is 0.0667. The third-order valence-corrected chi connectivity index (χ3v) is 4.44. The van der Waals surface area contributed by atoms with Crippen LogP contribution in [0.5, 0.6) is 0 Å². The summed E-state index contributed by atoms with van der Waals surface area (Å²) in [6.45, 7) is 4.08. The van der Waals surface area contributed by atoms with Gasteiger partial charge in [0, 0.05) is 6.54 Å². The molecule has 1 aromatic heterocycles. The molecule has 22 heavy (non-hydrogen) atoms. The third-order valence-electron chi connectivity index (χ3n) is 3.06. The number of hydrogen-bond acceptors (Lipinski definition) is 5. The van der Waals surface area contributed by atoms with Gasteiger partial charge in [-0.05, 0) is 23.8 Å². The first kappa shape index (κ1) is 14.7. The van der Waals surface area contributed by atoms with Crippen molar-refractivity contribution >= 4 is 40.3 Å². The van der Waals surface area contributed by atoms with Crippen molar-refractivity contribution in [3.05, 3.63) is 60.0 Å². The minimum absolute atomic E-state index is 0.0738. The summed E-state index contributed by atoms with van der Waals surface area (Å²) >= 11 is 6.52. The van der Waals surface area contributed by atoms with Gasteiger partial charge in [-0.1, -0.05) is 42.2 Å². The van der Waals surface area contributed by atoms with Crippen molar-refractivity contribution in [2.24, 2.45) is 0 Å². The molecule has 2 aromatic rings. The Morgan fingerprint density at radius 1 is 1.32 bits per heavy atom. The van der Waals surface area contributed by atoms with Crippen LogP contribution in [0, 0.1) is 0 Å². The average Bonchev–Trinajstić information content (AvgIpc) is 3.13. The van der Waals surface area contributed by atoms with Crippen LogP contribution in [-0.4, -0.2) is 36.4 Å². The minimum atomic E-state index is -0.0738. The van der Waals surface area contributed by atoms with Gasteiger partial charge in [0.1, 0.15) is 17.0 Å². The van der Waals surface area contributed by atoms with Crippen molar-refractivity contribution in [1.82, 2.24) is 19.7 Å². The van der Waals surface area contributed by atoms with E-state index in [1.165, 1.54) is 18.1 Å². The average molecular weight is 328 g/mol. The summed E-state index contributed by atoms with van der Waals surface area (Å²) in [5.41, 5.74) is 1.84. The van der Waals surface area contributed by atoms with Crippen LogP contribution in [0.25, 0.3) is 11.8 Å². The fourth-order valence-corrected chi connectivity index (χ4v) is 3.28. The fourth-order valence-electron chi connectivity index (χ4n) is 2.00. The molecule has 0 bridgehead atoms. The van der Waals surface area contributed by atoms with Crippen LogP contribution in [0.4, 0.5) is 0 Å². The molecule has 2 heterocycles. The molecule has 7 heteroatoms. The Bertz CT molecular complexity index is 750. The number of thioether (sulfide) groups is 1. The van der Waals surface area contributed by atoms with Crippen molar-refractivity contribution in [3.63, 3.8) is 0 Å². The molecule has 3 rings (SSSR count). The number of thiocarbonyl (C=S) groups is 1. The van der Waals surface area contributed by atoms with E-state index in [4.69, 9.17) is 12.2 Å². The van der Waals surface area contributed by atoms with Crippen LogP contribution in [0.1, 0.15) is 5.56 Å². The Kier molecular flexibility index (Phi) is 4.17. The molecular weight excluding hydrogens is 316 g/mol. The zero-order valence-electron chi connectivity index (χ0n) is 11.5. The van der Waals surface area contributed by atoms with E-state index < -0.39 is 0 Å². The van der Waals surface area contributed by atoms with Crippen LogP contribution in [0.2, 0.25) is 0 Å². The highest BCUT2D eigenvalue weighted by atomic mass is 32.2. The first-order valence-corrected chi connectivity index (χ1v) is 7.73. The molecule has 0 spiro atoms. The van der Waals surface area contributed by atoms with Gasteiger partial charge in [-0.3, -0.25) is 9.69 Å². The predicted octanol–water partition coefficient (Wildman–Crippen LogP) is 2.65. The first-order valence-electron chi connectivity index (χ1n) is 6.50. The van der Waals surface area contributed by atoms with Crippen LogP contribution >= 0.6 is 24.0 Å². The summed E-state index contributed by atoms with van der Waals surface area (Å²) in [5, 5.41) is 4.07. The molecule has 1 aromatic carbocycles. The lowest BCUT2D eigenvalue weighted by atomic mass is 10.2. The molecular formula is C15H12N4OS2. The zero-order valence-corrected chi connectivity index (χ0v) is 13.2. The SMILES string of the molecule is C=CCN1C(=O)/C(=C/c2ccc(-n3cncn3)cc2)SC1=S. The molecule has 1 amide bonds. The van der Waals surface area contributed by atoms with Crippen LogP contribution in [0.3, 0.4) is 0 Å². The Hall–Kier alpha value is -2.25. The Morgan fingerprint density at radius 2 is 2.09 bits per heavy atom. The van der Waals surface area contributed by atoms with E-state index in [0.717, 1.165) is 11.3 Å². The second-order valence-electron chi connectivity index (χ2n) is 4.51. The summed E-state index contributed by atoms with van der Waals surface area (Å²) in [5.74, 6) is -0.0738. The Balaban J connectivity index is 1.82. The number of carbonyl (C=O) groups is 1. The maximum atomic E-state index is 12.2. The van der Waals surface area contributed by atoms with E-state index in [1.54, 1.807) is 22.0 Å². The standard InChI is InChI=1S/C15H12N4OS2/c1-2-7-18-14(20)13(22-15(18)21)8-11-3-5-12(6-4-11)19-10-16-9-17-19/h2-6,8-10H,1,7H2/b13-8-. The topological polar surface area (TPSA) is 51.0 Å². The largest absolute Gasteiger partial charge is 0.289 e. The molecule has 0 unspecified atom stereocenters. The molecule has 1 fully saturated rings. The van der Waals surface area contributed by atoms with Gasteiger partial charge in [-0.25, -0.2) is 9.67 Å². The zero-order chi connectivity index (χ0) is 15.5. The number of rotatable bonds is 4. The van der Waals surface area contributed by atoms with E-state index in [9.17, 15) is 4.79 Å². The maximum Gasteiger partial charge on any atom is 0.266 e. The first-order chi connectivity index (χ1) is 10.7. The maximum absolute atomic E-state index is 12.2. The van der Waals surface area contributed by atoms with Crippen molar-refractivity contribution in [2.45, 2.75) is 0 Å². The summed E-state index contributed by atoms with van der Waals surface area (Å²) < 4.78 is 2.24. The van der Waals surface area contributed by atoms with E-state index in [1.807, 2.05) is 30.3 Å². The smallest absolute Gasteiger partial charge is 0.266 e. The van der Waals surface area contributed by atoms with Crippen molar-refractivity contribution in [2.75, 3.05) is 6.54 Å². The highest BCUT2D eigenvalue weighted by molar-refractivity contribution is 8.26. The molecule has 0 atom stereocenters. The molecule has 0 saturated carbocycles. The summed E-state index contributed by atoms with van der Waals surface area (Å²) in [6.07, 6.45) is 6.63. The van der Waals surface area contributed by atoms with Gasteiger partial charge in [-0.15, -0.1) is 6.58 Å². The molecule has 1 aliphatic rings. The highest BCUT2D eigenvalue weighted by Gasteiger charge is 2.30. The van der Waals surface area contributed by atoms with Crippen LogP contribution in [0.15, 0.2) is 54.5 Å². The minimum Gasteiger partial charge on any atom is -0.289 e. The van der Waals surface area contributed by atoms with Gasteiger partial charge in [0.15, 0.2) is 0 Å². The molecule has 5 nitrogen and oxygen atoms in total. The van der Waals surface area contributed by atoms with Gasteiger partial charge in [0.25, 0.3) is 5.91 Å². The van der Waals surface area contributed by atoms with E-state index in [2.05, 4.69) is 16.7 Å². The number of aromatic nitrogens is 3. The van der Waals surface area contributed by atoms with Crippen LogP contribution < -0.4 is 0 Å². The molecule has 0 N–H and O–H groups in total. The van der Waals surface area contributed by atoms with E-state index >= 15 is 0 Å². The molecule has 1 aliphatic heterocycles. The van der Waals surface area contributed by atoms with Crippen molar-refractivity contribution in [1.29, 1.82) is 0 Å². The molecule has 110 valence electrons. The van der Waals surface area contributed by atoms with E-state index in [0.29, 0.717) is 15.8 Å². The lowest BCUT2D eigenvalue weighted by molar-refractivity contribution is -0.121.